The third kappa shape index (κ3) is 4.49. The summed E-state index contributed by atoms with van der Waals surface area (Å²) < 4.78 is 17.1. The Bertz CT molecular complexity index is 1200. The summed E-state index contributed by atoms with van der Waals surface area (Å²) in [7, 11) is 1.54. The molecule has 0 aliphatic carbocycles. The largest absolute Gasteiger partial charge is 0.495 e. The van der Waals surface area contributed by atoms with E-state index in [1.54, 1.807) is 57.4 Å². The van der Waals surface area contributed by atoms with Gasteiger partial charge in [0.25, 0.3) is 5.91 Å². The van der Waals surface area contributed by atoms with Crippen molar-refractivity contribution in [3.63, 3.8) is 0 Å². The summed E-state index contributed by atoms with van der Waals surface area (Å²) >= 11 is 5.92. The van der Waals surface area contributed by atoms with Crippen LogP contribution in [-0.4, -0.2) is 23.6 Å². The number of amides is 1. The number of halogens is 1. The van der Waals surface area contributed by atoms with Crippen LogP contribution < -0.4 is 14.8 Å². The van der Waals surface area contributed by atoms with Crippen LogP contribution in [0.2, 0.25) is 5.02 Å². The van der Waals surface area contributed by atoms with E-state index in [1.165, 1.54) is 0 Å². The molecule has 0 saturated carbocycles. The molecule has 0 bridgehead atoms. The van der Waals surface area contributed by atoms with E-state index in [1.807, 2.05) is 30.3 Å². The number of carbonyl (C=O) groups is 1. The Morgan fingerprint density at radius 2 is 1.81 bits per heavy atom. The molecule has 31 heavy (non-hydrogen) atoms. The number of benzene rings is 3. The highest BCUT2D eigenvalue weighted by molar-refractivity contribution is 6.30. The van der Waals surface area contributed by atoms with Gasteiger partial charge in [-0.3, -0.25) is 4.79 Å². The number of fused-ring (bicyclic) bond motifs is 1. The molecule has 0 spiro atoms. The number of hydrogen-bond acceptors (Lipinski definition) is 5. The fraction of sp³-hybridized carbons (Fsp3) is 0.167. The number of oxazole rings is 1. The van der Waals surface area contributed by atoms with Crippen molar-refractivity contribution in [2.45, 2.75) is 19.4 Å². The summed E-state index contributed by atoms with van der Waals surface area (Å²) in [5, 5.41) is 3.49. The van der Waals surface area contributed by atoms with Gasteiger partial charge in [0.05, 0.1) is 12.8 Å². The molecular weight excluding hydrogens is 416 g/mol. The summed E-state index contributed by atoms with van der Waals surface area (Å²) in [6.45, 7) is 3.38. The first-order valence-corrected chi connectivity index (χ1v) is 10.0. The lowest BCUT2D eigenvalue weighted by molar-refractivity contribution is -0.128. The van der Waals surface area contributed by atoms with E-state index in [9.17, 15) is 4.79 Å². The molecule has 4 aromatic rings. The van der Waals surface area contributed by atoms with E-state index in [-0.39, 0.29) is 5.91 Å². The van der Waals surface area contributed by atoms with Gasteiger partial charge in [-0.2, -0.15) is 0 Å². The molecule has 0 unspecified atom stereocenters. The number of hydrogen-bond donors (Lipinski definition) is 1. The van der Waals surface area contributed by atoms with E-state index in [4.69, 9.17) is 25.5 Å². The molecule has 0 atom stereocenters. The molecule has 1 aromatic heterocycles. The number of rotatable bonds is 6. The Morgan fingerprint density at radius 3 is 2.52 bits per heavy atom. The molecule has 0 radical (unpaired) electrons. The Labute approximate surface area is 184 Å². The average molecular weight is 437 g/mol. The first-order valence-electron chi connectivity index (χ1n) is 9.66. The number of methoxy groups -OCH3 is 1. The van der Waals surface area contributed by atoms with Crippen molar-refractivity contribution < 1.29 is 18.7 Å². The lowest BCUT2D eigenvalue weighted by Gasteiger charge is -2.26. The minimum absolute atomic E-state index is 0.338. The zero-order chi connectivity index (χ0) is 22.0. The van der Waals surface area contributed by atoms with Crippen molar-refractivity contribution >= 4 is 34.3 Å². The second-order valence-electron chi connectivity index (χ2n) is 7.42. The van der Waals surface area contributed by atoms with Gasteiger partial charge >= 0.3 is 0 Å². The summed E-state index contributed by atoms with van der Waals surface area (Å²) in [6, 6.07) is 19.7. The van der Waals surface area contributed by atoms with Crippen LogP contribution in [0.25, 0.3) is 22.6 Å². The monoisotopic (exact) mass is 436 g/mol. The zero-order valence-electron chi connectivity index (χ0n) is 17.3. The summed E-state index contributed by atoms with van der Waals surface area (Å²) in [5.74, 6) is 1.17. The predicted molar refractivity (Wildman–Crippen MR) is 121 cm³/mol. The van der Waals surface area contributed by atoms with Gasteiger partial charge in [-0.05, 0) is 68.4 Å². The molecular formula is C24H21ClN2O4. The van der Waals surface area contributed by atoms with Crippen molar-refractivity contribution in [2.75, 3.05) is 12.4 Å². The lowest BCUT2D eigenvalue weighted by Crippen LogP contribution is -2.42. The fourth-order valence-corrected chi connectivity index (χ4v) is 3.18. The molecule has 1 heterocycles. The number of aromatic nitrogens is 1. The smallest absolute Gasteiger partial charge is 0.268 e. The van der Waals surface area contributed by atoms with Crippen LogP contribution in [-0.2, 0) is 4.79 Å². The molecule has 0 aliphatic heterocycles. The molecule has 3 aromatic carbocycles. The Morgan fingerprint density at radius 1 is 1.06 bits per heavy atom. The van der Waals surface area contributed by atoms with Crippen molar-refractivity contribution in [3.05, 3.63) is 71.8 Å². The fourth-order valence-electron chi connectivity index (χ4n) is 3.05. The van der Waals surface area contributed by atoms with Crippen LogP contribution >= 0.6 is 11.6 Å². The van der Waals surface area contributed by atoms with Crippen molar-refractivity contribution in [1.82, 2.24) is 4.98 Å². The van der Waals surface area contributed by atoms with Crippen molar-refractivity contribution in [1.29, 1.82) is 0 Å². The van der Waals surface area contributed by atoms with E-state index in [2.05, 4.69) is 10.3 Å². The van der Waals surface area contributed by atoms with Gasteiger partial charge in [-0.1, -0.05) is 23.7 Å². The lowest BCUT2D eigenvalue weighted by atomic mass is 10.1. The first kappa shape index (κ1) is 20.8. The molecule has 4 rings (SSSR count). The molecule has 1 N–H and O–H groups in total. The minimum Gasteiger partial charge on any atom is -0.495 e. The highest BCUT2D eigenvalue weighted by atomic mass is 35.5. The SMILES string of the molecule is COc1ccc(-c2nc3ccccc3o2)cc1NC(=O)C(C)(C)Oc1ccc(Cl)cc1. The molecule has 0 saturated heterocycles. The van der Waals surface area contributed by atoms with Crippen LogP contribution in [0.5, 0.6) is 11.5 Å². The standard InChI is InChI=1S/C24H21ClN2O4/c1-24(2,31-17-11-9-16(25)10-12-17)23(28)27-19-14-15(8-13-20(19)29-3)22-26-18-6-4-5-7-21(18)30-22/h4-14H,1-3H3,(H,27,28). The maximum absolute atomic E-state index is 13.0. The van der Waals surface area contributed by atoms with Gasteiger partial charge in [0.1, 0.15) is 17.0 Å². The van der Waals surface area contributed by atoms with Crippen molar-refractivity contribution in [3.8, 4) is 23.0 Å². The summed E-state index contributed by atoms with van der Waals surface area (Å²) in [6.07, 6.45) is 0. The van der Waals surface area contributed by atoms with Crippen molar-refractivity contribution in [2.24, 2.45) is 0 Å². The van der Waals surface area contributed by atoms with Gasteiger partial charge in [-0.15, -0.1) is 0 Å². The minimum atomic E-state index is -1.15. The zero-order valence-corrected chi connectivity index (χ0v) is 18.1. The van der Waals surface area contributed by atoms with Gasteiger partial charge in [0.2, 0.25) is 5.89 Å². The quantitative estimate of drug-likeness (QED) is 0.404. The molecule has 1 amide bonds. The van der Waals surface area contributed by atoms with E-state index < -0.39 is 5.60 Å². The number of ether oxygens (including phenoxy) is 2. The molecule has 7 heteroatoms. The second kappa shape index (κ2) is 8.32. The second-order valence-corrected chi connectivity index (χ2v) is 7.86. The number of nitrogens with zero attached hydrogens (tertiary/aromatic N) is 1. The molecule has 0 fully saturated rings. The van der Waals surface area contributed by atoms with Gasteiger partial charge in [0.15, 0.2) is 11.2 Å². The first-order chi connectivity index (χ1) is 14.9. The maximum Gasteiger partial charge on any atom is 0.268 e. The number of nitrogens with one attached hydrogen (secondary N) is 1. The van der Waals surface area contributed by atoms with Crippen LogP contribution in [0, 0.1) is 0 Å². The molecule has 6 nitrogen and oxygen atoms in total. The maximum atomic E-state index is 13.0. The third-order valence-electron chi connectivity index (χ3n) is 4.72. The molecule has 0 aliphatic rings. The Hall–Kier alpha value is -3.51. The van der Waals surface area contributed by atoms with Crippen LogP contribution in [0.3, 0.4) is 0 Å². The number of para-hydroxylation sites is 2. The van der Waals surface area contributed by atoms with E-state index >= 15 is 0 Å². The Balaban J connectivity index is 1.59. The van der Waals surface area contributed by atoms with Gasteiger partial charge in [0, 0.05) is 10.6 Å². The summed E-state index contributed by atoms with van der Waals surface area (Å²) in [5.41, 5.74) is 1.50. The Kier molecular flexibility index (Phi) is 5.57. The van der Waals surface area contributed by atoms with Crippen LogP contribution in [0.4, 0.5) is 5.69 Å². The molecule has 158 valence electrons. The van der Waals surface area contributed by atoms with Crippen LogP contribution in [0.15, 0.2) is 71.1 Å². The van der Waals surface area contributed by atoms with E-state index in [0.717, 1.165) is 5.52 Å². The highest BCUT2D eigenvalue weighted by Crippen LogP contribution is 2.33. The topological polar surface area (TPSA) is 73.6 Å². The van der Waals surface area contributed by atoms with Gasteiger partial charge < -0.3 is 19.2 Å². The van der Waals surface area contributed by atoms with Gasteiger partial charge in [-0.25, -0.2) is 4.98 Å². The van der Waals surface area contributed by atoms with Crippen LogP contribution in [0.1, 0.15) is 13.8 Å². The third-order valence-corrected chi connectivity index (χ3v) is 4.97. The number of carbonyl (C=O) groups excluding carboxylic acids is 1. The highest BCUT2D eigenvalue weighted by Gasteiger charge is 2.31. The number of anilines is 1. The van der Waals surface area contributed by atoms with E-state index in [0.29, 0.717) is 39.2 Å². The summed E-state index contributed by atoms with van der Waals surface area (Å²) in [4.78, 5) is 17.5. The average Bonchev–Trinajstić information content (AvgIpc) is 3.19. The predicted octanol–water partition coefficient (Wildman–Crippen LogP) is 5.95. The normalized spacial score (nSPS) is 11.4.